The number of rotatable bonds is 9. The number of carbonyl (C=O) groups is 2. The van der Waals surface area contributed by atoms with Gasteiger partial charge in [-0.1, -0.05) is 57.5 Å². The fraction of sp³-hybridized carbons (Fsp3) is 0.440. The highest BCUT2D eigenvalue weighted by atomic mass is 79.9. The lowest BCUT2D eigenvalue weighted by molar-refractivity contribution is -0.142. The lowest BCUT2D eigenvalue weighted by Crippen LogP contribution is -2.49. The number of halogens is 2. The second-order valence-corrected chi connectivity index (χ2v) is 10.1. The van der Waals surface area contributed by atoms with Crippen LogP contribution < -0.4 is 10.1 Å². The molecule has 0 unspecified atom stereocenters. The van der Waals surface area contributed by atoms with Crippen LogP contribution in [0, 0.1) is 0 Å². The quantitative estimate of drug-likeness (QED) is 0.457. The standard InChI is InChI=1S/C25H32BrClN2O3/c1-6-12-28-24(31)17(2)29(15-18-8-7-9-20(27)13-18)23(30)16-32-22-11-10-19(14-21(22)26)25(3,4)5/h7-11,13-14,17H,6,12,15-16H2,1-5H3,(H,28,31)/t17-/m0/s1. The van der Waals surface area contributed by atoms with Gasteiger partial charge < -0.3 is 15.0 Å². The van der Waals surface area contributed by atoms with Crippen molar-refractivity contribution >= 4 is 39.3 Å². The Morgan fingerprint density at radius 1 is 1.19 bits per heavy atom. The maximum absolute atomic E-state index is 13.1. The van der Waals surface area contributed by atoms with E-state index in [-0.39, 0.29) is 30.4 Å². The number of carbonyl (C=O) groups excluding carboxylic acids is 2. The van der Waals surface area contributed by atoms with Crippen molar-refractivity contribution in [2.24, 2.45) is 0 Å². The molecule has 0 heterocycles. The molecule has 0 fully saturated rings. The first-order valence-corrected chi connectivity index (χ1v) is 11.9. The van der Waals surface area contributed by atoms with E-state index in [0.717, 1.165) is 22.0 Å². The number of amides is 2. The van der Waals surface area contributed by atoms with Crippen LogP contribution in [-0.2, 0) is 21.5 Å². The molecule has 5 nitrogen and oxygen atoms in total. The van der Waals surface area contributed by atoms with E-state index in [2.05, 4.69) is 42.0 Å². The van der Waals surface area contributed by atoms with E-state index in [1.54, 1.807) is 19.1 Å². The highest BCUT2D eigenvalue weighted by Gasteiger charge is 2.26. The second kappa shape index (κ2) is 11.7. The first kappa shape index (κ1) is 26.2. The minimum Gasteiger partial charge on any atom is -0.483 e. The van der Waals surface area contributed by atoms with Crippen LogP contribution in [0.5, 0.6) is 5.75 Å². The first-order chi connectivity index (χ1) is 15.0. The summed E-state index contributed by atoms with van der Waals surface area (Å²) in [6.07, 6.45) is 0.822. The predicted octanol–water partition coefficient (Wildman–Crippen LogP) is 5.72. The molecule has 32 heavy (non-hydrogen) atoms. The Morgan fingerprint density at radius 3 is 2.50 bits per heavy atom. The molecule has 0 bridgehead atoms. The summed E-state index contributed by atoms with van der Waals surface area (Å²) in [5, 5.41) is 3.44. The van der Waals surface area contributed by atoms with Crippen molar-refractivity contribution in [3.63, 3.8) is 0 Å². The van der Waals surface area contributed by atoms with Gasteiger partial charge in [-0.3, -0.25) is 9.59 Å². The Balaban J connectivity index is 2.17. The molecule has 2 aromatic carbocycles. The zero-order chi connectivity index (χ0) is 23.9. The Hall–Kier alpha value is -2.05. The zero-order valence-electron chi connectivity index (χ0n) is 19.4. The Labute approximate surface area is 204 Å². The SMILES string of the molecule is CCCNC(=O)[C@H](C)N(Cc1cccc(Cl)c1)C(=O)COc1ccc(C(C)(C)C)cc1Br. The van der Waals surface area contributed by atoms with E-state index in [1.807, 2.05) is 37.3 Å². The van der Waals surface area contributed by atoms with Crippen molar-refractivity contribution in [1.29, 1.82) is 0 Å². The minimum atomic E-state index is -0.650. The molecule has 0 radical (unpaired) electrons. The Bertz CT molecular complexity index is 943. The van der Waals surface area contributed by atoms with Crippen LogP contribution in [-0.4, -0.2) is 35.9 Å². The summed E-state index contributed by atoms with van der Waals surface area (Å²) in [7, 11) is 0. The normalized spacial score (nSPS) is 12.2. The number of ether oxygens (including phenoxy) is 1. The maximum atomic E-state index is 13.1. The molecule has 0 aliphatic heterocycles. The molecule has 0 saturated carbocycles. The number of benzene rings is 2. The van der Waals surface area contributed by atoms with Crippen LogP contribution in [0.4, 0.5) is 0 Å². The van der Waals surface area contributed by atoms with Crippen LogP contribution in [0.2, 0.25) is 5.02 Å². The van der Waals surface area contributed by atoms with E-state index in [9.17, 15) is 9.59 Å². The summed E-state index contributed by atoms with van der Waals surface area (Å²) in [5.74, 6) is 0.103. The number of hydrogen-bond acceptors (Lipinski definition) is 3. The molecular weight excluding hydrogens is 492 g/mol. The predicted molar refractivity (Wildman–Crippen MR) is 133 cm³/mol. The van der Waals surface area contributed by atoms with Crippen molar-refractivity contribution < 1.29 is 14.3 Å². The fourth-order valence-corrected chi connectivity index (χ4v) is 3.82. The number of hydrogen-bond donors (Lipinski definition) is 1. The molecule has 1 atom stereocenters. The van der Waals surface area contributed by atoms with E-state index < -0.39 is 6.04 Å². The second-order valence-electron chi connectivity index (χ2n) is 8.80. The smallest absolute Gasteiger partial charge is 0.261 e. The molecule has 0 aromatic heterocycles. The molecule has 7 heteroatoms. The van der Waals surface area contributed by atoms with E-state index in [0.29, 0.717) is 17.3 Å². The van der Waals surface area contributed by atoms with E-state index in [4.69, 9.17) is 16.3 Å². The monoisotopic (exact) mass is 522 g/mol. The summed E-state index contributed by atoms with van der Waals surface area (Å²) in [5.41, 5.74) is 2.01. The zero-order valence-corrected chi connectivity index (χ0v) is 21.7. The van der Waals surface area contributed by atoms with Gasteiger partial charge in [-0.2, -0.15) is 0 Å². The van der Waals surface area contributed by atoms with Gasteiger partial charge in [0.25, 0.3) is 5.91 Å². The molecule has 2 rings (SSSR count). The van der Waals surface area contributed by atoms with Gasteiger partial charge in [0.1, 0.15) is 11.8 Å². The first-order valence-electron chi connectivity index (χ1n) is 10.8. The summed E-state index contributed by atoms with van der Waals surface area (Å²) in [4.78, 5) is 27.2. The van der Waals surface area contributed by atoms with Crippen LogP contribution in [0.1, 0.15) is 52.2 Å². The fourth-order valence-electron chi connectivity index (χ4n) is 3.12. The summed E-state index contributed by atoms with van der Waals surface area (Å²) < 4.78 is 6.61. The molecule has 2 amide bonds. The topological polar surface area (TPSA) is 58.6 Å². The van der Waals surface area contributed by atoms with Gasteiger partial charge in [0.15, 0.2) is 6.61 Å². The van der Waals surface area contributed by atoms with Crippen LogP contribution in [0.15, 0.2) is 46.9 Å². The van der Waals surface area contributed by atoms with E-state index >= 15 is 0 Å². The third-order valence-electron chi connectivity index (χ3n) is 5.11. The lowest BCUT2D eigenvalue weighted by Gasteiger charge is -2.29. The number of nitrogens with zero attached hydrogens (tertiary/aromatic N) is 1. The summed E-state index contributed by atoms with van der Waals surface area (Å²) in [6, 6.07) is 12.5. The van der Waals surface area contributed by atoms with Crippen molar-refractivity contribution in [3.8, 4) is 5.75 Å². The minimum absolute atomic E-state index is 0.00586. The number of nitrogens with one attached hydrogen (secondary N) is 1. The van der Waals surface area contributed by atoms with Gasteiger partial charge >= 0.3 is 0 Å². The van der Waals surface area contributed by atoms with E-state index in [1.165, 1.54) is 4.90 Å². The molecule has 0 spiro atoms. The summed E-state index contributed by atoms with van der Waals surface area (Å²) in [6.45, 7) is 10.8. The average Bonchev–Trinajstić information content (AvgIpc) is 2.73. The molecule has 174 valence electrons. The van der Waals surface area contributed by atoms with Gasteiger partial charge in [-0.25, -0.2) is 0 Å². The largest absolute Gasteiger partial charge is 0.483 e. The third kappa shape index (κ3) is 7.52. The molecule has 0 aliphatic carbocycles. The van der Waals surface area contributed by atoms with Crippen molar-refractivity contribution in [2.45, 2.75) is 59.0 Å². The Kier molecular flexibility index (Phi) is 9.59. The lowest BCUT2D eigenvalue weighted by atomic mass is 9.87. The van der Waals surface area contributed by atoms with Gasteiger partial charge in [-0.05, 0) is 70.1 Å². The molecule has 2 aromatic rings. The summed E-state index contributed by atoms with van der Waals surface area (Å²) >= 11 is 9.65. The maximum Gasteiger partial charge on any atom is 0.261 e. The average molecular weight is 524 g/mol. The molecular formula is C25H32BrClN2O3. The third-order valence-corrected chi connectivity index (χ3v) is 5.96. The molecule has 0 aliphatic rings. The van der Waals surface area contributed by atoms with Crippen molar-refractivity contribution in [3.05, 3.63) is 63.1 Å². The van der Waals surface area contributed by atoms with Gasteiger partial charge in [0.2, 0.25) is 5.91 Å². The van der Waals surface area contributed by atoms with Gasteiger partial charge in [-0.15, -0.1) is 0 Å². The molecule has 1 N–H and O–H groups in total. The highest BCUT2D eigenvalue weighted by Crippen LogP contribution is 2.31. The van der Waals surface area contributed by atoms with Crippen LogP contribution in [0.3, 0.4) is 0 Å². The highest BCUT2D eigenvalue weighted by molar-refractivity contribution is 9.10. The van der Waals surface area contributed by atoms with Gasteiger partial charge in [0.05, 0.1) is 4.47 Å². The van der Waals surface area contributed by atoms with Crippen LogP contribution in [0.25, 0.3) is 0 Å². The van der Waals surface area contributed by atoms with Crippen molar-refractivity contribution in [1.82, 2.24) is 10.2 Å². The van der Waals surface area contributed by atoms with Gasteiger partial charge in [0, 0.05) is 18.1 Å². The van der Waals surface area contributed by atoms with Crippen molar-refractivity contribution in [2.75, 3.05) is 13.2 Å². The Morgan fingerprint density at radius 2 is 1.91 bits per heavy atom. The molecule has 0 saturated heterocycles. The van der Waals surface area contributed by atoms with Crippen LogP contribution >= 0.6 is 27.5 Å².